The van der Waals surface area contributed by atoms with Gasteiger partial charge in [0.2, 0.25) is 0 Å². The van der Waals surface area contributed by atoms with Gasteiger partial charge in [0.25, 0.3) is 0 Å². The maximum atomic E-state index is 2.86. The summed E-state index contributed by atoms with van der Waals surface area (Å²) < 4.78 is 9.17. The monoisotopic (exact) mass is 742 g/mol. The van der Waals surface area contributed by atoms with Crippen LogP contribution in [0.15, 0.2) is 169 Å². The molecule has 0 fully saturated rings. The van der Waals surface area contributed by atoms with Crippen molar-refractivity contribution in [3.63, 3.8) is 0 Å². The van der Waals surface area contributed by atoms with Gasteiger partial charge in [-0.05, 0) is 0 Å². The molecule has 0 saturated carbocycles. The number of allylic oxidation sites excluding steroid dienone is 2. The Hall–Kier alpha value is -4.10. The molecule has 0 spiro atoms. The second-order valence-electron chi connectivity index (χ2n) is 17.1. The molecule has 0 aromatic heterocycles. The third kappa shape index (κ3) is 4.13. The number of hydrogen-bond acceptors (Lipinski definition) is 0. The van der Waals surface area contributed by atoms with Crippen LogP contribution < -0.4 is 6.54 Å². The molecule has 0 N–H and O–H groups in total. The zero-order valence-corrected chi connectivity index (χ0v) is 33.8. The van der Waals surface area contributed by atoms with Gasteiger partial charge in [0.15, 0.2) is 0 Å². The van der Waals surface area contributed by atoms with Crippen LogP contribution in [0.25, 0.3) is 34.4 Å². The van der Waals surface area contributed by atoms with Gasteiger partial charge in [-0.25, -0.2) is 0 Å². The summed E-state index contributed by atoms with van der Waals surface area (Å²) in [5.41, 5.74) is 14.1. The van der Waals surface area contributed by atoms with Crippen molar-refractivity contribution >= 4 is 25.6 Å². The van der Waals surface area contributed by atoms with Gasteiger partial charge in [-0.15, -0.1) is 0 Å². The van der Waals surface area contributed by atoms with Gasteiger partial charge in [0.05, 0.1) is 0 Å². The Balaban J connectivity index is 1.60. The van der Waals surface area contributed by atoms with Crippen LogP contribution in [0.3, 0.4) is 0 Å². The van der Waals surface area contributed by atoms with E-state index in [4.69, 9.17) is 0 Å². The summed E-state index contributed by atoms with van der Waals surface area (Å²) in [5.74, 6) is 0. The van der Waals surface area contributed by atoms with E-state index in [2.05, 4.69) is 200 Å². The molecule has 2 heteroatoms. The van der Waals surface area contributed by atoms with Crippen molar-refractivity contribution < 1.29 is 14.4 Å². The van der Waals surface area contributed by atoms with Gasteiger partial charge in [0, 0.05) is 0 Å². The summed E-state index contributed by atoms with van der Waals surface area (Å²) in [6, 6.07) is 60.0. The molecule has 50 heavy (non-hydrogen) atoms. The van der Waals surface area contributed by atoms with E-state index < -0.39 is 14.4 Å². The number of hydrogen-bond donors (Lipinski definition) is 0. The van der Waals surface area contributed by atoms with Gasteiger partial charge < -0.3 is 0 Å². The van der Waals surface area contributed by atoms with Crippen LogP contribution in [0.2, 0.25) is 9.26 Å². The first-order valence-electron chi connectivity index (χ1n) is 18.5. The molecular formula is C48H48SiZr. The van der Waals surface area contributed by atoms with Crippen LogP contribution in [-0.2, 0) is 14.4 Å². The predicted octanol–water partition coefficient (Wildman–Crippen LogP) is 11.5. The second-order valence-corrected chi connectivity index (χ2v) is 64.7. The van der Waals surface area contributed by atoms with Crippen molar-refractivity contribution in [2.24, 2.45) is 0 Å². The van der Waals surface area contributed by atoms with Gasteiger partial charge in [-0.1, -0.05) is 0 Å². The summed E-state index contributed by atoms with van der Waals surface area (Å²) in [6.45, 7) is 7.26. The van der Waals surface area contributed by atoms with Crippen molar-refractivity contribution in [2.45, 2.75) is 43.2 Å². The summed E-state index contributed by atoms with van der Waals surface area (Å²) in [6.07, 6.45) is 7.20. The van der Waals surface area contributed by atoms with E-state index >= 15 is 0 Å². The van der Waals surface area contributed by atoms with E-state index in [9.17, 15) is 0 Å². The van der Waals surface area contributed by atoms with Gasteiger partial charge in [-0.2, -0.15) is 0 Å². The second kappa shape index (κ2) is 10.9. The van der Waals surface area contributed by atoms with Crippen LogP contribution in [-0.4, -0.2) is 6.88 Å². The Bertz CT molecular complexity index is 2290. The minimum absolute atomic E-state index is 0.199. The third-order valence-corrected chi connectivity index (χ3v) is 53.0. The molecule has 0 amide bonds. The van der Waals surface area contributed by atoms with E-state index in [1.54, 1.807) is 11.1 Å². The molecule has 8 rings (SSSR count). The van der Waals surface area contributed by atoms with E-state index in [1.165, 1.54) is 51.1 Å². The molecule has 248 valence electrons. The van der Waals surface area contributed by atoms with Crippen molar-refractivity contribution in [2.75, 3.05) is 0 Å². The Morgan fingerprint density at radius 3 is 1.12 bits per heavy atom. The molecule has 0 saturated heterocycles. The zero-order valence-electron chi connectivity index (χ0n) is 29.9. The summed E-state index contributed by atoms with van der Waals surface area (Å²) >= 11 is -5.98. The first-order valence-corrected chi connectivity index (χ1v) is 34.6. The third-order valence-electron chi connectivity index (χ3n) is 13.8. The van der Waals surface area contributed by atoms with Crippen LogP contribution >= 0.6 is 0 Å². The molecular weight excluding hydrogens is 696 g/mol. The zero-order chi connectivity index (χ0) is 34.7. The minimum atomic E-state index is -5.98. The van der Waals surface area contributed by atoms with Gasteiger partial charge in [-0.3, -0.25) is 0 Å². The molecule has 2 aliphatic rings. The van der Waals surface area contributed by atoms with E-state index in [-0.39, 0.29) is 7.25 Å². The van der Waals surface area contributed by atoms with Gasteiger partial charge in [0.1, 0.15) is 0 Å². The number of rotatable bonds is 8. The maximum absolute atomic E-state index is 5.98. The molecule has 6 aromatic carbocycles. The Labute approximate surface area is 294 Å². The Morgan fingerprint density at radius 2 is 0.780 bits per heavy atom. The molecule has 0 bridgehead atoms. The normalized spacial score (nSPS) is 18.8. The summed E-state index contributed by atoms with van der Waals surface area (Å²) in [4.78, 5) is 0. The molecule has 6 aromatic rings. The average molecular weight is 744 g/mol. The summed E-state index contributed by atoms with van der Waals surface area (Å²) in [5, 5.41) is 0. The average Bonchev–Trinajstić information content (AvgIpc) is 3.78. The van der Waals surface area contributed by atoms with Gasteiger partial charge >= 0.3 is 297 Å². The molecule has 2 aliphatic carbocycles. The fraction of sp³-hybridized carbons (Fsp3) is 0.167. The first kappa shape index (κ1) is 33.1. The number of fused-ring (bicyclic) bond motifs is 2. The van der Waals surface area contributed by atoms with E-state index in [1.807, 2.05) is 0 Å². The van der Waals surface area contributed by atoms with E-state index in [0.29, 0.717) is 0 Å². The molecule has 0 aliphatic heterocycles. The SMILES string of the molecule is CCC1=Cc2c(-c3ccccc3)cccc2[CH]1[Zr]([CH3])([CH3])(=[SiH2])([c]1ccccc1)([c]1ccccc1)[CH]1C(CC)=Cc2c(-c3ccccc3)cccc21. The first-order chi connectivity index (χ1) is 24.1. The van der Waals surface area contributed by atoms with Crippen LogP contribution in [0, 0.1) is 0 Å². The fourth-order valence-electron chi connectivity index (χ4n) is 11.5. The summed E-state index contributed by atoms with van der Waals surface area (Å²) in [7, 11) is 0. The molecule has 2 atom stereocenters. The molecule has 0 radical (unpaired) electrons. The number of benzene rings is 6. The fourth-order valence-corrected chi connectivity index (χ4v) is 50.0. The van der Waals surface area contributed by atoms with Crippen LogP contribution in [0.4, 0.5) is 0 Å². The van der Waals surface area contributed by atoms with Crippen molar-refractivity contribution in [3.05, 3.63) is 191 Å². The van der Waals surface area contributed by atoms with Crippen molar-refractivity contribution in [3.8, 4) is 22.3 Å². The Morgan fingerprint density at radius 1 is 0.440 bits per heavy atom. The van der Waals surface area contributed by atoms with E-state index in [0.717, 1.165) is 12.8 Å². The standard InChI is InChI=1S/2C17H15.2C6H5.2CH3.H2Si.Zr/c2*1-2-13-11-15-9-6-10-16(17(15)12-13)14-7-4-3-5-8-14;2*1-2-4-6-5-3-1;;;;/h2*3-12H,2H2,1H3;2*1-5H;2*1H3;1H2;. The van der Waals surface area contributed by atoms with Crippen LogP contribution in [0.5, 0.6) is 0 Å². The topological polar surface area (TPSA) is 0 Å². The quantitative estimate of drug-likeness (QED) is 0.136. The predicted molar refractivity (Wildman–Crippen MR) is 218 cm³/mol. The molecule has 0 heterocycles. The van der Waals surface area contributed by atoms with Crippen molar-refractivity contribution in [1.82, 2.24) is 0 Å². The molecule has 2 unspecified atom stereocenters. The van der Waals surface area contributed by atoms with Crippen LogP contribution in [0.1, 0.15) is 56.2 Å². The Kier molecular flexibility index (Phi) is 7.24. The van der Waals surface area contributed by atoms with Crippen molar-refractivity contribution in [1.29, 1.82) is 0 Å². The molecule has 0 nitrogen and oxygen atoms in total.